The molecule has 2 nitrogen and oxygen atoms in total. The van der Waals surface area contributed by atoms with Crippen LogP contribution in [0.5, 0.6) is 0 Å². The molecule has 0 aliphatic rings. The number of halogens is 2. The van der Waals surface area contributed by atoms with Crippen molar-refractivity contribution < 1.29 is 9.18 Å². The van der Waals surface area contributed by atoms with Crippen molar-refractivity contribution >= 4 is 17.5 Å². The molecule has 1 amide bonds. The molecule has 78 valence electrons. The molecule has 0 spiro atoms. The lowest BCUT2D eigenvalue weighted by atomic mass is 10.2. The number of alkyl halides is 1. The second-order valence-electron chi connectivity index (χ2n) is 2.69. The third-order valence-electron chi connectivity index (χ3n) is 1.59. The molecule has 15 heavy (non-hydrogen) atoms. The predicted octanol–water partition coefficient (Wildman–Crippen LogP) is 1.53. The van der Waals surface area contributed by atoms with Crippen molar-refractivity contribution in [1.82, 2.24) is 5.32 Å². The molecule has 1 rings (SSSR count). The van der Waals surface area contributed by atoms with E-state index in [1.807, 2.05) is 0 Å². The summed E-state index contributed by atoms with van der Waals surface area (Å²) < 4.78 is 13.0. The summed E-state index contributed by atoms with van der Waals surface area (Å²) >= 11 is 5.25. The molecule has 0 heterocycles. The van der Waals surface area contributed by atoms with Gasteiger partial charge in [-0.15, -0.1) is 11.6 Å². The first kappa shape index (κ1) is 11.5. The molecule has 0 unspecified atom stereocenters. The molecule has 0 saturated carbocycles. The normalized spacial score (nSPS) is 8.93. The van der Waals surface area contributed by atoms with Crippen LogP contribution in [0.25, 0.3) is 0 Å². The van der Waals surface area contributed by atoms with Crippen LogP contribution >= 0.6 is 11.6 Å². The Balaban J connectivity index is 2.52. The Morgan fingerprint density at radius 1 is 1.47 bits per heavy atom. The van der Waals surface area contributed by atoms with Gasteiger partial charge in [-0.05, 0) is 12.1 Å². The Morgan fingerprint density at radius 2 is 2.20 bits per heavy atom. The molecule has 0 fully saturated rings. The van der Waals surface area contributed by atoms with Crippen molar-refractivity contribution in [2.24, 2.45) is 0 Å². The number of nitrogens with one attached hydrogen (secondary N) is 1. The second kappa shape index (κ2) is 6.05. The van der Waals surface area contributed by atoms with Crippen LogP contribution in [-0.2, 0) is 4.79 Å². The van der Waals surface area contributed by atoms with E-state index in [1.54, 1.807) is 18.2 Å². The summed E-state index contributed by atoms with van der Waals surface area (Å²) in [5.74, 6) is 4.48. The van der Waals surface area contributed by atoms with Crippen LogP contribution in [0.15, 0.2) is 24.3 Å². The molecule has 0 aliphatic heterocycles. The lowest BCUT2D eigenvalue weighted by Crippen LogP contribution is -2.24. The van der Waals surface area contributed by atoms with Crippen LogP contribution in [0.3, 0.4) is 0 Å². The highest BCUT2D eigenvalue weighted by atomic mass is 35.5. The summed E-state index contributed by atoms with van der Waals surface area (Å²) in [6.45, 7) is 0.167. The number of hydrogen-bond donors (Lipinski definition) is 1. The molecule has 0 atom stereocenters. The third kappa shape index (κ3) is 4.01. The minimum atomic E-state index is -0.367. The minimum absolute atomic E-state index is 0.0959. The molecule has 0 saturated heterocycles. The Hall–Kier alpha value is -1.53. The number of carbonyl (C=O) groups excluding carboxylic acids is 1. The van der Waals surface area contributed by atoms with Crippen molar-refractivity contribution in [3.8, 4) is 11.8 Å². The van der Waals surface area contributed by atoms with Gasteiger partial charge in [-0.3, -0.25) is 4.79 Å². The maximum Gasteiger partial charge on any atom is 0.235 e. The number of amides is 1. The Labute approximate surface area is 92.4 Å². The van der Waals surface area contributed by atoms with E-state index in [0.717, 1.165) is 0 Å². The van der Waals surface area contributed by atoms with Gasteiger partial charge in [0.15, 0.2) is 0 Å². The Morgan fingerprint density at radius 3 is 2.87 bits per heavy atom. The number of hydrogen-bond acceptors (Lipinski definition) is 1. The summed E-state index contributed by atoms with van der Waals surface area (Å²) in [6.07, 6.45) is 0. The van der Waals surface area contributed by atoms with Crippen LogP contribution in [0.1, 0.15) is 5.56 Å². The summed E-state index contributed by atoms with van der Waals surface area (Å²) in [5.41, 5.74) is 0.317. The zero-order valence-electron chi connectivity index (χ0n) is 7.89. The van der Waals surface area contributed by atoms with Gasteiger partial charge in [0.25, 0.3) is 0 Å². The van der Waals surface area contributed by atoms with E-state index < -0.39 is 0 Å². The molecule has 0 bridgehead atoms. The number of benzene rings is 1. The van der Waals surface area contributed by atoms with Gasteiger partial charge < -0.3 is 5.32 Å². The van der Waals surface area contributed by atoms with Crippen LogP contribution in [0, 0.1) is 17.7 Å². The molecule has 0 radical (unpaired) electrons. The smallest absolute Gasteiger partial charge is 0.235 e. The quantitative estimate of drug-likeness (QED) is 0.600. The zero-order valence-corrected chi connectivity index (χ0v) is 8.64. The van der Waals surface area contributed by atoms with Gasteiger partial charge in [0, 0.05) is 0 Å². The molecule has 1 N–H and O–H groups in total. The Kier molecular flexibility index (Phi) is 4.65. The molecular formula is C11H9ClFNO. The fourth-order valence-corrected chi connectivity index (χ4v) is 0.987. The van der Waals surface area contributed by atoms with Crippen LogP contribution < -0.4 is 5.32 Å². The largest absolute Gasteiger partial charge is 0.344 e. The highest BCUT2D eigenvalue weighted by Crippen LogP contribution is 2.03. The maximum atomic E-state index is 13.0. The summed E-state index contributed by atoms with van der Waals surface area (Å²) in [4.78, 5) is 10.7. The first-order chi connectivity index (χ1) is 7.24. The van der Waals surface area contributed by atoms with Gasteiger partial charge in [0.2, 0.25) is 5.91 Å². The van der Waals surface area contributed by atoms with Crippen molar-refractivity contribution in [3.63, 3.8) is 0 Å². The molecular weight excluding hydrogens is 217 g/mol. The highest BCUT2D eigenvalue weighted by molar-refractivity contribution is 6.27. The Bertz CT molecular complexity index is 409. The topological polar surface area (TPSA) is 29.1 Å². The molecule has 4 heteroatoms. The van der Waals surface area contributed by atoms with Crippen LogP contribution in [0.4, 0.5) is 4.39 Å². The van der Waals surface area contributed by atoms with Gasteiger partial charge in [-0.1, -0.05) is 24.0 Å². The van der Waals surface area contributed by atoms with E-state index in [0.29, 0.717) is 5.56 Å². The molecule has 0 aromatic heterocycles. The van der Waals surface area contributed by atoms with E-state index in [-0.39, 0.29) is 24.1 Å². The van der Waals surface area contributed by atoms with Crippen LogP contribution in [-0.4, -0.2) is 18.3 Å². The highest BCUT2D eigenvalue weighted by Gasteiger charge is 1.95. The fourth-order valence-electron chi connectivity index (χ4n) is 0.892. The van der Waals surface area contributed by atoms with Gasteiger partial charge >= 0.3 is 0 Å². The van der Waals surface area contributed by atoms with Gasteiger partial charge in [0.05, 0.1) is 12.1 Å². The van der Waals surface area contributed by atoms with E-state index >= 15 is 0 Å². The molecule has 0 aliphatic carbocycles. The van der Waals surface area contributed by atoms with Gasteiger partial charge in [0.1, 0.15) is 11.7 Å². The second-order valence-corrected chi connectivity index (χ2v) is 2.96. The number of rotatable bonds is 2. The van der Waals surface area contributed by atoms with E-state index in [2.05, 4.69) is 17.2 Å². The standard InChI is InChI=1S/C11H9ClFNO/c12-8-11(15)14-7-3-5-9-4-1-2-6-10(9)13/h1-2,4,6H,7-8H2,(H,14,15). The zero-order chi connectivity index (χ0) is 11.1. The molecule has 1 aromatic carbocycles. The van der Waals surface area contributed by atoms with Crippen molar-refractivity contribution in [2.45, 2.75) is 0 Å². The summed E-state index contributed by atoms with van der Waals surface area (Å²) in [7, 11) is 0. The van der Waals surface area contributed by atoms with E-state index in [4.69, 9.17) is 11.6 Å². The lowest BCUT2D eigenvalue weighted by Gasteiger charge is -1.94. The van der Waals surface area contributed by atoms with Gasteiger partial charge in [-0.2, -0.15) is 0 Å². The number of carbonyl (C=O) groups is 1. The first-order valence-corrected chi connectivity index (χ1v) is 4.83. The maximum absolute atomic E-state index is 13.0. The molecule has 1 aromatic rings. The third-order valence-corrected chi connectivity index (χ3v) is 1.83. The van der Waals surface area contributed by atoms with Crippen molar-refractivity contribution in [2.75, 3.05) is 12.4 Å². The first-order valence-electron chi connectivity index (χ1n) is 4.30. The van der Waals surface area contributed by atoms with Crippen molar-refractivity contribution in [1.29, 1.82) is 0 Å². The van der Waals surface area contributed by atoms with Crippen LogP contribution in [0.2, 0.25) is 0 Å². The van der Waals surface area contributed by atoms with E-state index in [1.165, 1.54) is 6.07 Å². The van der Waals surface area contributed by atoms with Crippen molar-refractivity contribution in [3.05, 3.63) is 35.6 Å². The average molecular weight is 226 g/mol. The predicted molar refractivity (Wildman–Crippen MR) is 57.0 cm³/mol. The van der Waals surface area contributed by atoms with E-state index in [9.17, 15) is 9.18 Å². The minimum Gasteiger partial charge on any atom is -0.344 e. The summed E-state index contributed by atoms with van der Waals surface area (Å²) in [6, 6.07) is 6.20. The monoisotopic (exact) mass is 225 g/mol. The SMILES string of the molecule is O=C(CCl)NCC#Cc1ccccc1F. The summed E-state index contributed by atoms with van der Waals surface area (Å²) in [5, 5.41) is 2.46. The fraction of sp³-hybridized carbons (Fsp3) is 0.182. The van der Waals surface area contributed by atoms with Gasteiger partial charge in [-0.25, -0.2) is 4.39 Å². The average Bonchev–Trinajstić information content (AvgIpc) is 2.26. The lowest BCUT2D eigenvalue weighted by molar-refractivity contribution is -0.118.